The Kier molecular flexibility index (Phi) is 5.81. The number of hydrogen-bond donors (Lipinski definition) is 2. The molecule has 0 aromatic heterocycles. The van der Waals surface area contributed by atoms with Gasteiger partial charge in [0.15, 0.2) is 0 Å². The van der Waals surface area contributed by atoms with E-state index >= 15 is 0 Å². The lowest BCUT2D eigenvalue weighted by atomic mass is 10.4. The van der Waals surface area contributed by atoms with Gasteiger partial charge in [-0.1, -0.05) is 0 Å². The van der Waals surface area contributed by atoms with Gasteiger partial charge in [0.05, 0.1) is 25.2 Å². The van der Waals surface area contributed by atoms with Crippen LogP contribution in [0.25, 0.3) is 0 Å². The van der Waals surface area contributed by atoms with Gasteiger partial charge in [-0.25, -0.2) is 0 Å². The first-order valence-electron chi connectivity index (χ1n) is 5.06. The van der Waals surface area contributed by atoms with Gasteiger partial charge in [-0.15, -0.1) is 11.8 Å². The summed E-state index contributed by atoms with van der Waals surface area (Å²) in [5.74, 6) is 0. The average Bonchev–Trinajstić information content (AvgIpc) is 2.26. The molecular weight excluding hydrogens is 200 g/mol. The van der Waals surface area contributed by atoms with Crippen molar-refractivity contribution in [3.8, 4) is 0 Å². The molecule has 0 aromatic rings. The third-order valence-electron chi connectivity index (χ3n) is 2.42. The van der Waals surface area contributed by atoms with E-state index in [2.05, 4.69) is 11.8 Å². The highest BCUT2D eigenvalue weighted by Gasteiger charge is 2.20. The molecule has 1 fully saturated rings. The third kappa shape index (κ3) is 3.74. The highest BCUT2D eigenvalue weighted by molar-refractivity contribution is 8.00. The maximum Gasteiger partial charge on any atom is 0.0594 e. The fourth-order valence-corrected chi connectivity index (χ4v) is 2.62. The summed E-state index contributed by atoms with van der Waals surface area (Å²) in [7, 11) is 0. The van der Waals surface area contributed by atoms with Crippen LogP contribution >= 0.6 is 11.8 Å². The van der Waals surface area contributed by atoms with Gasteiger partial charge in [0.2, 0.25) is 0 Å². The maximum absolute atomic E-state index is 9.03. The highest BCUT2D eigenvalue weighted by atomic mass is 32.2. The Morgan fingerprint density at radius 3 is 2.64 bits per heavy atom. The van der Waals surface area contributed by atoms with E-state index in [9.17, 15) is 0 Å². The van der Waals surface area contributed by atoms with Gasteiger partial charge in [0.25, 0.3) is 0 Å². The molecule has 1 aliphatic rings. The molecule has 0 radical (unpaired) electrons. The van der Waals surface area contributed by atoms with Crippen molar-refractivity contribution in [1.29, 1.82) is 0 Å². The zero-order valence-electron chi connectivity index (χ0n) is 8.69. The molecule has 1 aliphatic heterocycles. The minimum Gasteiger partial charge on any atom is -0.395 e. The largest absolute Gasteiger partial charge is 0.395 e. The van der Waals surface area contributed by atoms with E-state index in [0.717, 1.165) is 26.3 Å². The lowest BCUT2D eigenvalue weighted by molar-refractivity contribution is 0.0350. The first kappa shape index (κ1) is 12.3. The summed E-state index contributed by atoms with van der Waals surface area (Å²) in [5, 5.41) is 9.61. The molecule has 0 aromatic carbocycles. The van der Waals surface area contributed by atoms with Gasteiger partial charge >= 0.3 is 0 Å². The van der Waals surface area contributed by atoms with E-state index in [-0.39, 0.29) is 11.9 Å². The Morgan fingerprint density at radius 2 is 2.14 bits per heavy atom. The summed E-state index contributed by atoms with van der Waals surface area (Å²) in [6.07, 6.45) is 0. The number of hydrogen-bond acceptors (Lipinski definition) is 5. The Balaban J connectivity index is 2.27. The molecule has 0 amide bonds. The molecule has 0 spiro atoms. The van der Waals surface area contributed by atoms with Crippen molar-refractivity contribution in [3.05, 3.63) is 0 Å². The molecule has 3 N–H and O–H groups in total. The van der Waals surface area contributed by atoms with Crippen molar-refractivity contribution in [2.24, 2.45) is 5.73 Å². The lowest BCUT2D eigenvalue weighted by Crippen LogP contribution is -2.42. The first-order chi connectivity index (χ1) is 6.77. The minimum atomic E-state index is 0.160. The van der Waals surface area contributed by atoms with Crippen LogP contribution in [-0.2, 0) is 4.74 Å². The molecule has 5 heteroatoms. The van der Waals surface area contributed by atoms with Crippen molar-refractivity contribution in [1.82, 2.24) is 4.90 Å². The number of rotatable bonds is 5. The second-order valence-electron chi connectivity index (χ2n) is 3.42. The molecule has 0 bridgehead atoms. The van der Waals surface area contributed by atoms with Crippen LogP contribution in [0.15, 0.2) is 0 Å². The molecule has 0 aliphatic carbocycles. The number of nitrogens with two attached hydrogens (primary N) is 1. The number of thioether (sulfide) groups is 1. The van der Waals surface area contributed by atoms with Crippen molar-refractivity contribution < 1.29 is 9.84 Å². The molecule has 14 heavy (non-hydrogen) atoms. The maximum atomic E-state index is 9.03. The molecule has 84 valence electrons. The van der Waals surface area contributed by atoms with Crippen LogP contribution in [0.2, 0.25) is 0 Å². The van der Waals surface area contributed by atoms with Gasteiger partial charge < -0.3 is 15.6 Å². The molecular formula is C9H20N2O2S. The Morgan fingerprint density at radius 1 is 1.50 bits per heavy atom. The minimum absolute atomic E-state index is 0.160. The predicted molar refractivity (Wildman–Crippen MR) is 59.4 cm³/mol. The summed E-state index contributed by atoms with van der Waals surface area (Å²) in [6.45, 7) is 6.46. The number of ether oxygens (including phenoxy) is 1. The van der Waals surface area contributed by atoms with E-state index in [0.29, 0.717) is 11.9 Å². The second kappa shape index (κ2) is 6.63. The first-order valence-corrected chi connectivity index (χ1v) is 6.00. The average molecular weight is 220 g/mol. The Labute approximate surface area is 89.8 Å². The van der Waals surface area contributed by atoms with Gasteiger partial charge in [-0.2, -0.15) is 0 Å². The molecule has 1 rings (SSSR count). The SMILES string of the molecule is CC(SC(CN)CO)N1CCOCC1. The van der Waals surface area contributed by atoms with Crippen molar-refractivity contribution >= 4 is 11.8 Å². The van der Waals surface area contributed by atoms with E-state index in [1.165, 1.54) is 0 Å². The van der Waals surface area contributed by atoms with E-state index < -0.39 is 0 Å². The van der Waals surface area contributed by atoms with Gasteiger partial charge in [-0.05, 0) is 6.92 Å². The van der Waals surface area contributed by atoms with Crippen LogP contribution in [0.3, 0.4) is 0 Å². The lowest BCUT2D eigenvalue weighted by Gasteiger charge is -2.33. The summed E-state index contributed by atoms with van der Waals surface area (Å²) >= 11 is 1.75. The van der Waals surface area contributed by atoms with Crippen molar-refractivity contribution in [2.75, 3.05) is 39.5 Å². The monoisotopic (exact) mass is 220 g/mol. The third-order valence-corrected chi connectivity index (χ3v) is 3.83. The van der Waals surface area contributed by atoms with Crippen LogP contribution in [0.4, 0.5) is 0 Å². The van der Waals surface area contributed by atoms with E-state index in [1.54, 1.807) is 11.8 Å². The van der Waals surface area contributed by atoms with Crippen LogP contribution in [0, 0.1) is 0 Å². The Hall–Kier alpha value is 0.190. The summed E-state index contributed by atoms with van der Waals surface area (Å²) < 4.78 is 5.28. The van der Waals surface area contributed by atoms with Gasteiger partial charge in [0.1, 0.15) is 0 Å². The van der Waals surface area contributed by atoms with Crippen molar-refractivity contribution in [2.45, 2.75) is 17.5 Å². The number of aliphatic hydroxyl groups excluding tert-OH is 1. The van der Waals surface area contributed by atoms with Gasteiger partial charge in [0, 0.05) is 24.9 Å². The van der Waals surface area contributed by atoms with Crippen LogP contribution < -0.4 is 5.73 Å². The highest BCUT2D eigenvalue weighted by Crippen LogP contribution is 2.20. The summed E-state index contributed by atoms with van der Waals surface area (Å²) in [4.78, 5) is 2.37. The fourth-order valence-electron chi connectivity index (χ4n) is 1.48. The van der Waals surface area contributed by atoms with Crippen LogP contribution in [0.1, 0.15) is 6.92 Å². The van der Waals surface area contributed by atoms with Crippen molar-refractivity contribution in [3.63, 3.8) is 0 Å². The number of morpholine rings is 1. The van der Waals surface area contributed by atoms with E-state index in [4.69, 9.17) is 15.6 Å². The van der Waals surface area contributed by atoms with Crippen LogP contribution in [-0.4, -0.2) is 60.1 Å². The number of aliphatic hydroxyl groups is 1. The van der Waals surface area contributed by atoms with Gasteiger partial charge in [-0.3, -0.25) is 4.90 Å². The fraction of sp³-hybridized carbons (Fsp3) is 1.00. The second-order valence-corrected chi connectivity index (χ2v) is 5.05. The summed E-state index contributed by atoms with van der Waals surface area (Å²) in [5.41, 5.74) is 5.54. The quantitative estimate of drug-likeness (QED) is 0.667. The zero-order chi connectivity index (χ0) is 10.4. The molecule has 0 saturated carbocycles. The summed E-state index contributed by atoms with van der Waals surface area (Å²) in [6, 6.07) is 0. The zero-order valence-corrected chi connectivity index (χ0v) is 9.50. The van der Waals surface area contributed by atoms with E-state index in [1.807, 2.05) is 0 Å². The normalized spacial score (nSPS) is 23.4. The molecule has 2 atom stereocenters. The molecule has 1 heterocycles. The topological polar surface area (TPSA) is 58.7 Å². The molecule has 2 unspecified atom stereocenters. The molecule has 4 nitrogen and oxygen atoms in total. The predicted octanol–water partition coefficient (Wildman–Crippen LogP) is -0.283. The Bertz CT molecular complexity index is 150. The standard InChI is InChI=1S/C9H20N2O2S/c1-8(14-9(6-10)7-12)11-2-4-13-5-3-11/h8-9,12H,2-7,10H2,1H3. The number of nitrogens with zero attached hydrogens (tertiary/aromatic N) is 1. The molecule has 1 saturated heterocycles. The van der Waals surface area contributed by atoms with Crippen LogP contribution in [0.5, 0.6) is 0 Å². The smallest absolute Gasteiger partial charge is 0.0594 e.